The Morgan fingerprint density at radius 1 is 0.912 bits per heavy atom. The molecule has 7 rings (SSSR count). The van der Waals surface area contributed by atoms with Crippen LogP contribution < -0.4 is 5.32 Å². The highest BCUT2D eigenvalue weighted by atomic mass is 19.1. The molecule has 0 radical (unpaired) electrons. The molecule has 0 bridgehead atoms. The van der Waals surface area contributed by atoms with Gasteiger partial charge in [-0.2, -0.15) is 0 Å². The van der Waals surface area contributed by atoms with Crippen molar-refractivity contribution in [2.45, 2.75) is 255 Å². The Kier molecular flexibility index (Phi) is 19.6. The summed E-state index contributed by atoms with van der Waals surface area (Å²) < 4.78 is 56.0. The molecule has 6 unspecified atom stereocenters. The molecule has 19 nitrogen and oxygen atoms in total. The SMILES string of the molecule is CC[C@H]1OC(=O)[C@H](C)[C@@H](OC2C[C@](C)(OC)[C@H](O)C(C)O2)[C@H](C)[C@@H](OC2OC(C)C[C@@H](N(C)C)[C@H]2O)[C@](C)(O)C[C@@H](C)CN(CCCNC(=O)[C@@]2(O)CCC3C4CCC5=CC(=O)C=C[C@]5(C)[C@@]4(F)[C@@H](O)C[C@@]32C)[C@H](C)[C@@H](O)[C@]1(C)O. The molecule has 6 fully saturated rings. The van der Waals surface area contributed by atoms with Crippen LogP contribution in [0.1, 0.15) is 147 Å². The number of amides is 1. The van der Waals surface area contributed by atoms with Crippen LogP contribution in [0.2, 0.25) is 0 Å². The lowest BCUT2D eigenvalue weighted by Crippen LogP contribution is -2.69. The first-order valence-electron chi connectivity index (χ1n) is 29.7. The largest absolute Gasteiger partial charge is 0.459 e. The number of hydrogen-bond acceptors (Lipinski definition) is 18. The van der Waals surface area contributed by atoms with Crippen LogP contribution in [0.3, 0.4) is 0 Å². The van der Waals surface area contributed by atoms with Crippen molar-refractivity contribution in [3.63, 3.8) is 0 Å². The number of nitrogens with zero attached hydrogens (tertiary/aromatic N) is 2. The molecule has 3 heterocycles. The van der Waals surface area contributed by atoms with Crippen LogP contribution in [0.15, 0.2) is 23.8 Å². The van der Waals surface area contributed by atoms with Gasteiger partial charge < -0.3 is 74.4 Å². The summed E-state index contributed by atoms with van der Waals surface area (Å²) in [7, 11) is 5.20. The second-order valence-corrected chi connectivity index (χ2v) is 27.0. The number of ketones is 1. The molecule has 0 aromatic heterocycles. The minimum Gasteiger partial charge on any atom is -0.459 e. The molecule has 458 valence electrons. The van der Waals surface area contributed by atoms with Crippen LogP contribution in [-0.4, -0.2) is 212 Å². The number of ether oxygens (including phenoxy) is 6. The third-order valence-electron chi connectivity index (χ3n) is 21.1. The average Bonchev–Trinajstić information content (AvgIpc) is 2.56. The zero-order chi connectivity index (χ0) is 59.6. The van der Waals surface area contributed by atoms with Gasteiger partial charge in [-0.1, -0.05) is 39.3 Å². The van der Waals surface area contributed by atoms with Crippen molar-refractivity contribution in [2.75, 3.05) is 40.8 Å². The molecule has 0 aromatic rings. The first kappa shape index (κ1) is 65.0. The molecule has 3 saturated heterocycles. The van der Waals surface area contributed by atoms with Gasteiger partial charge >= 0.3 is 5.97 Å². The Balaban J connectivity index is 1.15. The number of likely N-dealkylation sites (N-methyl/N-ethyl adjacent to an activating group) is 1. The molecule has 8 N–H and O–H groups in total. The summed E-state index contributed by atoms with van der Waals surface area (Å²) in [5, 5.41) is 87.9. The summed E-state index contributed by atoms with van der Waals surface area (Å²) in [5.74, 6) is -5.08. The van der Waals surface area contributed by atoms with Gasteiger partial charge in [0.25, 0.3) is 5.91 Å². The highest BCUT2D eigenvalue weighted by Crippen LogP contribution is 2.69. The number of alkyl halides is 1. The minimum absolute atomic E-state index is 0.0652. The summed E-state index contributed by atoms with van der Waals surface area (Å²) in [4.78, 5) is 45.3. The van der Waals surface area contributed by atoms with Gasteiger partial charge in [0.1, 0.15) is 35.6 Å². The second kappa shape index (κ2) is 24.1. The van der Waals surface area contributed by atoms with E-state index in [0.29, 0.717) is 37.7 Å². The lowest BCUT2D eigenvalue weighted by molar-refractivity contribution is -0.318. The number of halogens is 1. The van der Waals surface area contributed by atoms with Gasteiger partial charge in [0.15, 0.2) is 24.0 Å². The van der Waals surface area contributed by atoms with Gasteiger partial charge in [-0.15, -0.1) is 0 Å². The highest BCUT2D eigenvalue weighted by molar-refractivity contribution is 6.01. The number of cyclic esters (lactones) is 1. The first-order valence-corrected chi connectivity index (χ1v) is 29.7. The van der Waals surface area contributed by atoms with Gasteiger partial charge in [0.2, 0.25) is 0 Å². The van der Waals surface area contributed by atoms with E-state index in [0.717, 1.165) is 0 Å². The Labute approximate surface area is 474 Å². The number of allylic oxidation sites excluding steroid dienone is 4. The Bertz CT molecular complexity index is 2270. The first-order chi connectivity index (χ1) is 37.1. The molecule has 4 aliphatic carbocycles. The lowest BCUT2D eigenvalue weighted by atomic mass is 9.45. The number of aliphatic hydroxyl groups excluding tert-OH is 4. The Morgan fingerprint density at radius 2 is 1.59 bits per heavy atom. The summed E-state index contributed by atoms with van der Waals surface area (Å²) in [6.45, 7) is 21.3. The third-order valence-corrected chi connectivity index (χ3v) is 21.1. The Hall–Kier alpha value is -2.54. The maximum absolute atomic E-state index is 17.8. The quantitative estimate of drug-likeness (QED) is 0.102. The maximum Gasteiger partial charge on any atom is 0.311 e. The molecular weight excluding hydrogens is 1040 g/mol. The fraction of sp³-hybridized carbons (Fsp3) is 0.883. The maximum atomic E-state index is 17.8. The smallest absolute Gasteiger partial charge is 0.311 e. The minimum atomic E-state index is -2.11. The van der Waals surface area contributed by atoms with Crippen molar-refractivity contribution in [3.05, 3.63) is 23.8 Å². The van der Waals surface area contributed by atoms with Crippen LogP contribution in [0.25, 0.3) is 0 Å². The van der Waals surface area contributed by atoms with E-state index >= 15 is 4.39 Å². The summed E-state index contributed by atoms with van der Waals surface area (Å²) in [6.07, 6.45) is -5.49. The van der Waals surface area contributed by atoms with Crippen LogP contribution in [-0.2, 0) is 42.8 Å². The van der Waals surface area contributed by atoms with Gasteiger partial charge in [-0.3, -0.25) is 19.3 Å². The van der Waals surface area contributed by atoms with Crippen molar-refractivity contribution in [3.8, 4) is 0 Å². The van der Waals surface area contributed by atoms with E-state index in [4.69, 9.17) is 28.4 Å². The van der Waals surface area contributed by atoms with Crippen LogP contribution in [0.5, 0.6) is 0 Å². The molecule has 80 heavy (non-hydrogen) atoms. The fourth-order valence-corrected chi connectivity index (χ4v) is 16.1. The number of aliphatic hydroxyl groups is 7. The van der Waals surface area contributed by atoms with Gasteiger partial charge in [0, 0.05) is 67.9 Å². The van der Waals surface area contributed by atoms with Gasteiger partial charge in [-0.05, 0) is 151 Å². The van der Waals surface area contributed by atoms with E-state index < -0.39 is 142 Å². The third kappa shape index (κ3) is 11.7. The van der Waals surface area contributed by atoms with E-state index in [2.05, 4.69) is 5.32 Å². The molecule has 3 saturated carbocycles. The van der Waals surface area contributed by atoms with Crippen molar-refractivity contribution < 1.29 is 82.9 Å². The molecule has 0 spiro atoms. The monoisotopic (exact) mass is 1140 g/mol. The van der Waals surface area contributed by atoms with Crippen molar-refractivity contribution >= 4 is 17.7 Å². The van der Waals surface area contributed by atoms with Crippen LogP contribution in [0.4, 0.5) is 4.39 Å². The molecule has 0 aromatic carbocycles. The standard InChI is InChI=1S/C60H100FN3O16/c1-16-44-58(12,73)48(68)36(6)64(25-17-24-62-53(71)59(74)23-21-40-41-19-18-38-27-39(65)20-22-54(38,8)60(41,61)43(66)29-55(40,59)9)31-32(2)28-56(10,72)50(80-52-46(67)42(63(13)14)26-33(3)76-52)34(4)47(35(5)51(70)78-44)79-45-30-57(11,75-15)49(69)37(7)77-45/h20,22,27,32-37,40-50,52,66-69,72-74H,16-19,21,23-26,28-31H2,1-15H3,(H,62,71)/t32-,33?,34+,35-,36-,37?,40?,41?,42-,43+,44-,45?,46-,47+,48-,49-,50-,52?,54+,55+,56-,57+,58-,59+,60+/m1/s1. The highest BCUT2D eigenvalue weighted by Gasteiger charge is 2.74. The number of carbonyl (C=O) groups is 3. The second-order valence-electron chi connectivity index (χ2n) is 27.0. The number of esters is 1. The summed E-state index contributed by atoms with van der Waals surface area (Å²) in [5.41, 5.74) is -10.6. The lowest BCUT2D eigenvalue weighted by Gasteiger charge is -2.62. The predicted molar refractivity (Wildman–Crippen MR) is 294 cm³/mol. The van der Waals surface area contributed by atoms with E-state index in [9.17, 15) is 50.1 Å². The number of fused-ring (bicyclic) bond motifs is 5. The average molecular weight is 1140 g/mol. The molecular formula is C60H100FN3O16. The van der Waals surface area contributed by atoms with E-state index in [1.165, 1.54) is 26.2 Å². The van der Waals surface area contributed by atoms with E-state index in [-0.39, 0.29) is 75.6 Å². The number of rotatable bonds is 12. The molecule has 20 heteroatoms. The summed E-state index contributed by atoms with van der Waals surface area (Å²) >= 11 is 0. The normalized spacial score (nSPS) is 49.9. The van der Waals surface area contributed by atoms with Gasteiger partial charge in [-0.25, -0.2) is 4.39 Å². The van der Waals surface area contributed by atoms with E-state index in [1.54, 1.807) is 68.4 Å². The number of methoxy groups -OCH3 is 1. The number of hydrogen-bond donors (Lipinski definition) is 8. The molecule has 7 aliphatic rings. The van der Waals surface area contributed by atoms with Crippen molar-refractivity contribution in [1.29, 1.82) is 0 Å². The van der Waals surface area contributed by atoms with Crippen LogP contribution in [0, 0.1) is 40.4 Å². The van der Waals surface area contributed by atoms with E-state index in [1.807, 2.05) is 37.7 Å². The number of nitrogens with one attached hydrogen (secondary N) is 1. The molecule has 25 atom stereocenters. The number of carbonyl (C=O) groups excluding carboxylic acids is 3. The molecule has 3 aliphatic heterocycles. The van der Waals surface area contributed by atoms with Gasteiger partial charge in [0.05, 0.1) is 47.6 Å². The predicted octanol–water partition coefficient (Wildman–Crippen LogP) is 3.88. The van der Waals surface area contributed by atoms with Crippen molar-refractivity contribution in [1.82, 2.24) is 15.1 Å². The van der Waals surface area contributed by atoms with Crippen molar-refractivity contribution in [2.24, 2.45) is 40.4 Å². The van der Waals surface area contributed by atoms with Crippen LogP contribution >= 0.6 is 0 Å². The topological polar surface area (TPSA) is 267 Å². The zero-order valence-corrected chi connectivity index (χ0v) is 50.4. The molecule has 1 amide bonds. The zero-order valence-electron chi connectivity index (χ0n) is 50.4. The fourth-order valence-electron chi connectivity index (χ4n) is 16.1. The Morgan fingerprint density at radius 3 is 2.23 bits per heavy atom. The summed E-state index contributed by atoms with van der Waals surface area (Å²) in [6, 6.07) is -1.16.